The summed E-state index contributed by atoms with van der Waals surface area (Å²) >= 11 is 0. The quantitative estimate of drug-likeness (QED) is 0.682. The highest BCUT2D eigenvalue weighted by atomic mass is 16.2. The average molecular weight is 395 g/mol. The fourth-order valence-corrected chi connectivity index (χ4v) is 5.20. The van der Waals surface area contributed by atoms with Crippen molar-refractivity contribution in [3.8, 4) is 0 Å². The third-order valence-electron chi connectivity index (χ3n) is 6.43. The molecule has 2 amide bonds. The van der Waals surface area contributed by atoms with E-state index in [1.165, 1.54) is 4.90 Å². The summed E-state index contributed by atoms with van der Waals surface area (Å²) in [5, 5.41) is 0. The minimum Gasteiger partial charge on any atom is -0.353 e. The van der Waals surface area contributed by atoms with E-state index >= 15 is 0 Å². The smallest absolute Gasteiger partial charge is 0.236 e. The van der Waals surface area contributed by atoms with Gasteiger partial charge in [0.15, 0.2) is 5.78 Å². The Morgan fingerprint density at radius 2 is 1.52 bits per heavy atom. The Morgan fingerprint density at radius 1 is 0.931 bits per heavy atom. The van der Waals surface area contributed by atoms with E-state index in [4.69, 9.17) is 0 Å². The number of likely N-dealkylation sites (tertiary alicyclic amines) is 1. The summed E-state index contributed by atoms with van der Waals surface area (Å²) in [5.74, 6) is -1.53. The van der Waals surface area contributed by atoms with Crippen molar-refractivity contribution in [3.05, 3.63) is 35.9 Å². The summed E-state index contributed by atoms with van der Waals surface area (Å²) in [6.45, 7) is 13.3. The van der Waals surface area contributed by atoms with E-state index in [0.717, 1.165) is 16.8 Å². The maximum Gasteiger partial charge on any atom is 0.236 e. The van der Waals surface area contributed by atoms with Crippen LogP contribution in [0.2, 0.25) is 0 Å². The van der Waals surface area contributed by atoms with Crippen LogP contribution in [-0.2, 0) is 14.4 Å². The number of hydrogen-bond acceptors (Lipinski definition) is 4. The topological polar surface area (TPSA) is 57.7 Å². The van der Waals surface area contributed by atoms with Crippen LogP contribution >= 0.6 is 0 Å². The Balaban J connectivity index is 1.93. The van der Waals surface area contributed by atoms with Crippen molar-refractivity contribution >= 4 is 28.9 Å². The van der Waals surface area contributed by atoms with Crippen LogP contribution in [0.4, 0.5) is 5.69 Å². The van der Waals surface area contributed by atoms with Crippen molar-refractivity contribution in [2.24, 2.45) is 17.3 Å². The largest absolute Gasteiger partial charge is 0.353 e. The summed E-state index contributed by atoms with van der Waals surface area (Å²) < 4.78 is 0. The van der Waals surface area contributed by atoms with E-state index in [1.54, 1.807) is 0 Å². The Hall–Kier alpha value is -2.43. The molecule has 3 aliphatic rings. The van der Waals surface area contributed by atoms with Crippen LogP contribution in [0.25, 0.3) is 5.57 Å². The second-order valence-electron chi connectivity index (χ2n) is 10.6. The molecule has 2 fully saturated rings. The van der Waals surface area contributed by atoms with Gasteiger partial charge in [-0.2, -0.15) is 0 Å². The maximum absolute atomic E-state index is 13.6. The minimum absolute atomic E-state index is 0.00895. The van der Waals surface area contributed by atoms with Gasteiger partial charge in [0.05, 0.1) is 17.9 Å². The van der Waals surface area contributed by atoms with Gasteiger partial charge in [0.2, 0.25) is 11.8 Å². The number of ketones is 1. The van der Waals surface area contributed by atoms with Crippen molar-refractivity contribution in [3.63, 3.8) is 0 Å². The Bertz CT molecular complexity index is 948. The molecule has 0 N–H and O–H groups in total. The predicted octanol–water partition coefficient (Wildman–Crippen LogP) is 3.68. The van der Waals surface area contributed by atoms with E-state index in [1.807, 2.05) is 72.7 Å². The predicted molar refractivity (Wildman–Crippen MR) is 113 cm³/mol. The number of benzene rings is 1. The van der Waals surface area contributed by atoms with E-state index < -0.39 is 28.8 Å². The number of imide groups is 1. The first-order chi connectivity index (χ1) is 13.4. The van der Waals surface area contributed by atoms with Gasteiger partial charge in [0.1, 0.15) is 6.04 Å². The van der Waals surface area contributed by atoms with Crippen molar-refractivity contribution in [1.29, 1.82) is 0 Å². The first-order valence-electron chi connectivity index (χ1n) is 10.3. The van der Waals surface area contributed by atoms with Crippen LogP contribution < -0.4 is 4.90 Å². The Labute approximate surface area is 172 Å². The fraction of sp³-hybridized carbons (Fsp3) is 0.542. The molecule has 0 bridgehead atoms. The molecule has 5 heteroatoms. The van der Waals surface area contributed by atoms with E-state index in [-0.39, 0.29) is 23.6 Å². The zero-order valence-corrected chi connectivity index (χ0v) is 18.3. The maximum atomic E-state index is 13.6. The molecule has 0 radical (unpaired) electrons. The van der Waals surface area contributed by atoms with Crippen molar-refractivity contribution in [2.75, 3.05) is 4.90 Å². The SMILES string of the molecule is CC1=C[C@@H]2[C@H]3C(=O)N(C(C)(C)C)C(=O)[C@@H]3[C@@H](C(=O)C(C)(C)C)N2c2ccccc21. The van der Waals surface area contributed by atoms with Crippen molar-refractivity contribution in [2.45, 2.75) is 66.1 Å². The number of nitrogens with zero attached hydrogens (tertiary/aromatic N) is 2. The number of allylic oxidation sites excluding steroid dienone is 1. The average Bonchev–Trinajstić information content (AvgIpc) is 3.07. The van der Waals surface area contributed by atoms with Crippen molar-refractivity contribution < 1.29 is 14.4 Å². The minimum atomic E-state index is -0.645. The first-order valence-corrected chi connectivity index (χ1v) is 10.3. The number of para-hydroxylation sites is 1. The normalized spacial score (nSPS) is 28.9. The van der Waals surface area contributed by atoms with Crippen LogP contribution in [0.1, 0.15) is 54.0 Å². The van der Waals surface area contributed by atoms with Crippen LogP contribution in [-0.4, -0.2) is 40.1 Å². The van der Waals surface area contributed by atoms with Gasteiger partial charge in [-0.25, -0.2) is 0 Å². The standard InChI is InChI=1S/C24H30N2O3/c1-13-12-16-17-18(22(29)26(21(17)28)24(5,6)7)19(20(27)23(2,3)4)25(16)15-11-9-8-10-14(13)15/h8-12,16-19H,1-7H3/t16-,17-,18+,19+/m1/s1. The second kappa shape index (κ2) is 6.04. The Kier molecular flexibility index (Phi) is 4.14. The monoisotopic (exact) mass is 394 g/mol. The van der Waals surface area contributed by atoms with E-state index in [0.29, 0.717) is 0 Å². The number of carbonyl (C=O) groups excluding carboxylic acids is 3. The first kappa shape index (κ1) is 19.9. The molecule has 154 valence electrons. The number of anilines is 1. The number of amides is 2. The molecule has 5 nitrogen and oxygen atoms in total. The van der Waals surface area contributed by atoms with Crippen molar-refractivity contribution in [1.82, 2.24) is 4.90 Å². The van der Waals surface area contributed by atoms with Crippen LogP contribution in [0.3, 0.4) is 0 Å². The molecule has 4 atom stereocenters. The summed E-state index contributed by atoms with van der Waals surface area (Å²) in [5.41, 5.74) is 1.86. The third-order valence-corrected chi connectivity index (χ3v) is 6.43. The van der Waals surface area contributed by atoms with Crippen LogP contribution in [0.5, 0.6) is 0 Å². The van der Waals surface area contributed by atoms with Gasteiger partial charge in [-0.1, -0.05) is 45.0 Å². The van der Waals surface area contributed by atoms with Gasteiger partial charge in [-0.3, -0.25) is 19.3 Å². The molecule has 0 spiro atoms. The highest BCUT2D eigenvalue weighted by Gasteiger charge is 2.66. The summed E-state index contributed by atoms with van der Waals surface area (Å²) in [6, 6.07) is 7.04. The highest BCUT2D eigenvalue weighted by molar-refractivity contribution is 6.12. The molecule has 4 rings (SSSR count). The number of rotatable bonds is 1. The van der Waals surface area contributed by atoms with Crippen LogP contribution in [0.15, 0.2) is 30.3 Å². The van der Waals surface area contributed by atoms with E-state index in [9.17, 15) is 14.4 Å². The highest BCUT2D eigenvalue weighted by Crippen LogP contribution is 2.51. The van der Waals surface area contributed by atoms with Gasteiger partial charge in [0.25, 0.3) is 0 Å². The summed E-state index contributed by atoms with van der Waals surface area (Å²) in [7, 11) is 0. The van der Waals surface area contributed by atoms with Gasteiger partial charge in [-0.15, -0.1) is 0 Å². The lowest BCUT2D eigenvalue weighted by Gasteiger charge is -2.40. The third kappa shape index (κ3) is 2.70. The molecule has 0 saturated carbocycles. The zero-order valence-electron chi connectivity index (χ0n) is 18.3. The molecule has 0 unspecified atom stereocenters. The second-order valence-corrected chi connectivity index (χ2v) is 10.6. The number of hydrogen-bond donors (Lipinski definition) is 0. The Morgan fingerprint density at radius 3 is 2.10 bits per heavy atom. The molecule has 3 heterocycles. The molecule has 29 heavy (non-hydrogen) atoms. The lowest BCUT2D eigenvalue weighted by Crippen LogP contribution is -2.54. The lowest BCUT2D eigenvalue weighted by atomic mass is 9.79. The number of fused-ring (bicyclic) bond motifs is 5. The van der Waals surface area contributed by atoms with E-state index in [2.05, 4.69) is 11.0 Å². The lowest BCUT2D eigenvalue weighted by molar-refractivity contribution is -0.146. The molecule has 3 aliphatic heterocycles. The van der Waals surface area contributed by atoms with Gasteiger partial charge in [0, 0.05) is 22.2 Å². The molecule has 1 aromatic rings. The van der Waals surface area contributed by atoms with Gasteiger partial charge < -0.3 is 4.90 Å². The zero-order chi connectivity index (χ0) is 21.5. The molecular formula is C24H30N2O3. The number of carbonyl (C=O) groups is 3. The summed E-state index contributed by atoms with van der Waals surface area (Å²) in [6.07, 6.45) is 2.08. The summed E-state index contributed by atoms with van der Waals surface area (Å²) in [4.78, 5) is 44.1. The van der Waals surface area contributed by atoms with Gasteiger partial charge >= 0.3 is 0 Å². The molecule has 0 aromatic heterocycles. The van der Waals surface area contributed by atoms with Gasteiger partial charge in [-0.05, 0) is 39.3 Å². The molecule has 2 saturated heterocycles. The fourth-order valence-electron chi connectivity index (χ4n) is 5.20. The molecule has 1 aromatic carbocycles. The number of Topliss-reactive ketones (excluding diaryl/α,β-unsaturated/α-hetero) is 1. The molecular weight excluding hydrogens is 364 g/mol. The molecule has 0 aliphatic carbocycles. The van der Waals surface area contributed by atoms with Crippen LogP contribution in [0, 0.1) is 17.3 Å².